The van der Waals surface area contributed by atoms with Crippen LogP contribution in [-0.4, -0.2) is 14.8 Å². The molecule has 0 saturated heterocycles. The van der Waals surface area contributed by atoms with Crippen LogP contribution in [0.1, 0.15) is 24.5 Å². The first-order valence-corrected chi connectivity index (χ1v) is 10.7. The Morgan fingerprint density at radius 3 is 2.65 bits per heavy atom. The van der Waals surface area contributed by atoms with Gasteiger partial charge in [0.2, 0.25) is 0 Å². The highest BCUT2D eigenvalue weighted by molar-refractivity contribution is 7.98. The molecule has 0 aliphatic rings. The highest BCUT2D eigenvalue weighted by Gasteiger charge is 2.17. The van der Waals surface area contributed by atoms with Crippen molar-refractivity contribution in [3.05, 3.63) is 65.0 Å². The monoisotopic (exact) mass is 379 g/mol. The number of thioether (sulfide) groups is 1. The third-order valence-electron chi connectivity index (χ3n) is 4.37. The molecule has 0 saturated carbocycles. The molecule has 132 valence electrons. The predicted octanol–water partition coefficient (Wildman–Crippen LogP) is 6.17. The molecule has 2 aromatic heterocycles. The van der Waals surface area contributed by atoms with E-state index in [1.54, 1.807) is 23.1 Å². The highest BCUT2D eigenvalue weighted by Crippen LogP contribution is 2.35. The van der Waals surface area contributed by atoms with Gasteiger partial charge in [-0.25, -0.2) is 0 Å². The topological polar surface area (TPSA) is 30.7 Å². The van der Waals surface area contributed by atoms with E-state index in [-0.39, 0.29) is 0 Å². The molecule has 2 aromatic carbocycles. The number of fused-ring (bicyclic) bond motifs is 1. The van der Waals surface area contributed by atoms with Crippen molar-refractivity contribution in [3.63, 3.8) is 0 Å². The number of aryl methyl sites for hydroxylation is 1. The van der Waals surface area contributed by atoms with Crippen LogP contribution < -0.4 is 0 Å². The first kappa shape index (κ1) is 17.3. The summed E-state index contributed by atoms with van der Waals surface area (Å²) in [6, 6.07) is 17.2. The van der Waals surface area contributed by atoms with Crippen LogP contribution in [0.2, 0.25) is 0 Å². The zero-order valence-corrected chi connectivity index (χ0v) is 16.6. The first-order chi connectivity index (χ1) is 12.8. The molecule has 0 N–H and O–H groups in total. The standard InChI is InChI=1S/C21H21N3S2/c1-3-12-24-20(18-14-25-19-7-5-4-6-17(18)19)22-23-21(24)26-13-16-10-8-15(2)9-11-16/h4-11,14H,3,12-13H2,1-2H3. The summed E-state index contributed by atoms with van der Waals surface area (Å²) in [5.74, 6) is 1.89. The van der Waals surface area contributed by atoms with Gasteiger partial charge >= 0.3 is 0 Å². The van der Waals surface area contributed by atoms with E-state index >= 15 is 0 Å². The van der Waals surface area contributed by atoms with Gasteiger partial charge in [0.15, 0.2) is 11.0 Å². The fraction of sp³-hybridized carbons (Fsp3) is 0.238. The summed E-state index contributed by atoms with van der Waals surface area (Å²) in [4.78, 5) is 0. The molecule has 0 bridgehead atoms. The number of rotatable bonds is 6. The minimum absolute atomic E-state index is 0.909. The number of benzene rings is 2. The lowest BCUT2D eigenvalue weighted by Gasteiger charge is -2.08. The molecule has 2 heterocycles. The number of nitrogens with zero attached hydrogens (tertiary/aromatic N) is 3. The molecule has 4 rings (SSSR count). The van der Waals surface area contributed by atoms with Gasteiger partial charge in [-0.2, -0.15) is 0 Å². The second-order valence-corrected chi connectivity index (χ2v) is 8.23. The van der Waals surface area contributed by atoms with E-state index in [1.807, 2.05) is 0 Å². The normalized spacial score (nSPS) is 11.3. The maximum atomic E-state index is 4.55. The van der Waals surface area contributed by atoms with Crippen LogP contribution in [0.3, 0.4) is 0 Å². The van der Waals surface area contributed by atoms with E-state index in [9.17, 15) is 0 Å². The van der Waals surface area contributed by atoms with Crippen molar-refractivity contribution in [2.45, 2.75) is 37.7 Å². The molecule has 0 unspecified atom stereocenters. The third kappa shape index (κ3) is 3.41. The van der Waals surface area contributed by atoms with Gasteiger partial charge < -0.3 is 4.57 Å². The smallest absolute Gasteiger partial charge is 0.191 e. The maximum absolute atomic E-state index is 4.55. The Balaban J connectivity index is 1.65. The van der Waals surface area contributed by atoms with Crippen molar-refractivity contribution in [3.8, 4) is 11.4 Å². The lowest BCUT2D eigenvalue weighted by molar-refractivity contribution is 0.626. The van der Waals surface area contributed by atoms with Crippen LogP contribution in [0.25, 0.3) is 21.5 Å². The molecule has 0 aliphatic heterocycles. The van der Waals surface area contributed by atoms with E-state index in [2.05, 4.69) is 82.5 Å². The second-order valence-electron chi connectivity index (χ2n) is 6.38. The fourth-order valence-corrected chi connectivity index (χ4v) is 4.86. The van der Waals surface area contributed by atoms with Gasteiger partial charge in [0.05, 0.1) is 0 Å². The van der Waals surface area contributed by atoms with Crippen LogP contribution in [-0.2, 0) is 12.3 Å². The van der Waals surface area contributed by atoms with Crippen molar-refractivity contribution in [1.82, 2.24) is 14.8 Å². The van der Waals surface area contributed by atoms with Crippen LogP contribution in [0, 0.1) is 6.92 Å². The summed E-state index contributed by atoms with van der Waals surface area (Å²) in [7, 11) is 0. The summed E-state index contributed by atoms with van der Waals surface area (Å²) < 4.78 is 3.57. The number of thiophene rings is 1. The summed E-state index contributed by atoms with van der Waals surface area (Å²) >= 11 is 3.53. The minimum atomic E-state index is 0.909. The maximum Gasteiger partial charge on any atom is 0.191 e. The Bertz CT molecular complexity index is 1020. The molecular weight excluding hydrogens is 358 g/mol. The Hall–Kier alpha value is -2.11. The van der Waals surface area contributed by atoms with Gasteiger partial charge in [-0.1, -0.05) is 66.7 Å². The molecule has 0 spiro atoms. The van der Waals surface area contributed by atoms with Crippen LogP contribution >= 0.6 is 23.1 Å². The van der Waals surface area contributed by atoms with Crippen molar-refractivity contribution in [2.24, 2.45) is 0 Å². The zero-order valence-electron chi connectivity index (χ0n) is 15.0. The van der Waals surface area contributed by atoms with Crippen molar-refractivity contribution in [2.75, 3.05) is 0 Å². The molecule has 0 aliphatic carbocycles. The molecular formula is C21H21N3S2. The minimum Gasteiger partial charge on any atom is -0.302 e. The van der Waals surface area contributed by atoms with Gasteiger partial charge in [0.1, 0.15) is 0 Å². The molecule has 3 nitrogen and oxygen atoms in total. The number of hydrogen-bond donors (Lipinski definition) is 0. The Morgan fingerprint density at radius 2 is 1.85 bits per heavy atom. The average Bonchev–Trinajstić information content (AvgIpc) is 3.25. The lowest BCUT2D eigenvalue weighted by atomic mass is 10.1. The van der Waals surface area contributed by atoms with Crippen LogP contribution in [0.4, 0.5) is 0 Å². The van der Waals surface area contributed by atoms with Gasteiger partial charge in [-0.05, 0) is 25.0 Å². The Morgan fingerprint density at radius 1 is 1.04 bits per heavy atom. The van der Waals surface area contributed by atoms with Gasteiger partial charge in [-0.15, -0.1) is 21.5 Å². The molecule has 0 radical (unpaired) electrons. The molecule has 0 atom stereocenters. The van der Waals surface area contributed by atoms with E-state index in [1.165, 1.54) is 26.8 Å². The van der Waals surface area contributed by atoms with Crippen molar-refractivity contribution < 1.29 is 0 Å². The van der Waals surface area contributed by atoms with Crippen LogP contribution in [0.15, 0.2) is 59.1 Å². The Kier molecular flexibility index (Phi) is 5.09. The summed E-state index contributed by atoms with van der Waals surface area (Å²) in [6.07, 6.45) is 1.06. The average molecular weight is 380 g/mol. The number of hydrogen-bond acceptors (Lipinski definition) is 4. The van der Waals surface area contributed by atoms with E-state index in [4.69, 9.17) is 0 Å². The summed E-state index contributed by atoms with van der Waals surface area (Å²) in [5.41, 5.74) is 3.79. The van der Waals surface area contributed by atoms with Gasteiger partial charge in [0.25, 0.3) is 0 Å². The predicted molar refractivity (Wildman–Crippen MR) is 112 cm³/mol. The zero-order chi connectivity index (χ0) is 17.9. The van der Waals surface area contributed by atoms with Gasteiger partial charge in [0, 0.05) is 33.3 Å². The van der Waals surface area contributed by atoms with E-state index in [0.29, 0.717) is 0 Å². The van der Waals surface area contributed by atoms with Gasteiger partial charge in [-0.3, -0.25) is 0 Å². The molecule has 5 heteroatoms. The van der Waals surface area contributed by atoms with Crippen LogP contribution in [0.5, 0.6) is 0 Å². The molecule has 0 amide bonds. The van der Waals surface area contributed by atoms with Crippen molar-refractivity contribution in [1.29, 1.82) is 0 Å². The number of aromatic nitrogens is 3. The Labute approximate surface area is 162 Å². The van der Waals surface area contributed by atoms with E-state index in [0.717, 1.165) is 29.7 Å². The highest BCUT2D eigenvalue weighted by atomic mass is 32.2. The SMILES string of the molecule is CCCn1c(SCc2ccc(C)cc2)nnc1-c1csc2ccccc12. The molecule has 4 aromatic rings. The van der Waals surface area contributed by atoms with E-state index < -0.39 is 0 Å². The molecule has 26 heavy (non-hydrogen) atoms. The quantitative estimate of drug-likeness (QED) is 0.375. The lowest BCUT2D eigenvalue weighted by Crippen LogP contribution is -2.01. The molecule has 0 fully saturated rings. The third-order valence-corrected chi connectivity index (χ3v) is 6.38. The largest absolute Gasteiger partial charge is 0.302 e. The first-order valence-electron chi connectivity index (χ1n) is 8.84. The second kappa shape index (κ2) is 7.64. The fourth-order valence-electron chi connectivity index (χ4n) is 3.00. The van der Waals surface area contributed by atoms with Crippen molar-refractivity contribution >= 4 is 33.2 Å². The summed E-state index contributed by atoms with van der Waals surface area (Å²) in [6.45, 7) is 5.25. The summed E-state index contributed by atoms with van der Waals surface area (Å²) in [5, 5.41) is 13.5.